The normalized spacial score (nSPS) is 23.9. The summed E-state index contributed by atoms with van der Waals surface area (Å²) in [6.07, 6.45) is 0. The number of β-lactam (4-membered cyclic amide) rings is 1. The summed E-state index contributed by atoms with van der Waals surface area (Å²) < 4.78 is 4.77. The summed E-state index contributed by atoms with van der Waals surface area (Å²) in [6, 6.07) is -0.625. The van der Waals surface area contributed by atoms with Gasteiger partial charge in [0.15, 0.2) is 11.7 Å². The van der Waals surface area contributed by atoms with E-state index >= 15 is 0 Å². The molecule has 8 heteroatoms. The van der Waals surface area contributed by atoms with Crippen LogP contribution >= 0.6 is 28.1 Å². The number of carboxylic acid groups (broad SMARTS) is 1. The van der Waals surface area contributed by atoms with Gasteiger partial charge in [0.25, 0.3) is 0 Å². The first-order chi connectivity index (χ1) is 7.47. The minimum Gasteiger partial charge on any atom is -0.479 e. The van der Waals surface area contributed by atoms with Crippen molar-refractivity contribution in [1.82, 2.24) is 4.90 Å². The zero-order valence-corrected chi connectivity index (χ0v) is 10.7. The van der Waals surface area contributed by atoms with Crippen LogP contribution in [0, 0.1) is 0 Å². The average molecular weight is 311 g/mol. The molecule has 0 spiro atoms. The quantitative estimate of drug-likeness (QED) is 0.398. The van der Waals surface area contributed by atoms with Crippen LogP contribution in [0.15, 0.2) is 0 Å². The van der Waals surface area contributed by atoms with E-state index in [2.05, 4.69) is 15.9 Å². The van der Waals surface area contributed by atoms with E-state index in [-0.39, 0.29) is 23.5 Å². The Bertz CT molecular complexity index is 325. The molecule has 0 aromatic rings. The predicted molar refractivity (Wildman–Crippen MR) is 63.5 cm³/mol. The number of carboxylic acids is 1. The first-order valence-corrected chi connectivity index (χ1v) is 5.99. The number of ether oxygens (including phenoxy) is 1. The number of alkyl halides is 1. The van der Waals surface area contributed by atoms with Gasteiger partial charge in [0.2, 0.25) is 5.91 Å². The number of thiocarbonyl (C=S) groups is 1. The van der Waals surface area contributed by atoms with E-state index < -0.39 is 18.6 Å². The maximum Gasteiger partial charge on any atom is 0.341 e. The summed E-state index contributed by atoms with van der Waals surface area (Å²) in [6.45, 7) is -0.392. The highest BCUT2D eigenvalue weighted by Gasteiger charge is 2.44. The minimum atomic E-state index is -1.11. The molecule has 1 fully saturated rings. The Morgan fingerprint density at radius 1 is 1.69 bits per heavy atom. The van der Waals surface area contributed by atoms with E-state index in [0.717, 1.165) is 0 Å². The molecule has 0 saturated carbocycles. The highest BCUT2D eigenvalue weighted by molar-refractivity contribution is 9.09. The molecule has 1 rings (SSSR count). The number of aliphatic carboxylic acids is 1. The molecule has 1 aliphatic rings. The van der Waals surface area contributed by atoms with Crippen LogP contribution in [0.2, 0.25) is 0 Å². The Hall–Kier alpha value is -0.730. The third-order valence-corrected chi connectivity index (χ3v) is 3.11. The monoisotopic (exact) mass is 310 g/mol. The highest BCUT2D eigenvalue weighted by Crippen LogP contribution is 2.20. The molecule has 1 saturated heterocycles. The first-order valence-electron chi connectivity index (χ1n) is 4.46. The topological polar surface area (TPSA) is 92.9 Å². The van der Waals surface area contributed by atoms with Crippen molar-refractivity contribution in [2.75, 3.05) is 18.5 Å². The fourth-order valence-electron chi connectivity index (χ4n) is 1.33. The minimum absolute atomic E-state index is 0.0774. The van der Waals surface area contributed by atoms with E-state index in [0.29, 0.717) is 5.33 Å². The zero-order valence-electron chi connectivity index (χ0n) is 8.26. The van der Waals surface area contributed by atoms with E-state index in [1.165, 1.54) is 4.90 Å². The van der Waals surface area contributed by atoms with Crippen molar-refractivity contribution in [2.24, 2.45) is 5.73 Å². The van der Waals surface area contributed by atoms with Gasteiger partial charge >= 0.3 is 5.97 Å². The van der Waals surface area contributed by atoms with Crippen molar-refractivity contribution in [3.05, 3.63) is 0 Å². The van der Waals surface area contributed by atoms with Crippen LogP contribution in [0.4, 0.5) is 0 Å². The largest absolute Gasteiger partial charge is 0.479 e. The molecule has 0 aliphatic carbocycles. The van der Waals surface area contributed by atoms with Crippen molar-refractivity contribution >= 4 is 45.1 Å². The number of likely N-dealkylation sites (tertiary alicyclic amines) is 1. The Labute approximate surface area is 106 Å². The van der Waals surface area contributed by atoms with Crippen molar-refractivity contribution in [1.29, 1.82) is 0 Å². The molecule has 2 atom stereocenters. The van der Waals surface area contributed by atoms with Crippen LogP contribution in [-0.2, 0) is 14.3 Å². The standard InChI is InChI=1S/C8H11BrN2O4S/c9-1-4-7(10)8(14)11(4)2-6(16)15-3-5(12)13/h4,7H,1-3,10H2,(H,12,13)/t4-,7+/m0/s1. The first kappa shape index (κ1) is 13.3. The molecule has 0 radical (unpaired) electrons. The summed E-state index contributed by atoms with van der Waals surface area (Å²) in [5, 5.41) is 9.00. The summed E-state index contributed by atoms with van der Waals surface area (Å²) in [5.74, 6) is -1.31. The van der Waals surface area contributed by atoms with Crippen LogP contribution in [0.3, 0.4) is 0 Å². The van der Waals surface area contributed by atoms with Crippen LogP contribution in [0.1, 0.15) is 0 Å². The smallest absolute Gasteiger partial charge is 0.341 e. The van der Waals surface area contributed by atoms with Crippen LogP contribution in [0.5, 0.6) is 0 Å². The lowest BCUT2D eigenvalue weighted by Gasteiger charge is -2.44. The van der Waals surface area contributed by atoms with Gasteiger partial charge in [-0.2, -0.15) is 0 Å². The Morgan fingerprint density at radius 2 is 2.31 bits per heavy atom. The van der Waals surface area contributed by atoms with Gasteiger partial charge in [-0.15, -0.1) is 0 Å². The number of nitrogens with zero attached hydrogens (tertiary/aromatic N) is 1. The molecule has 1 amide bonds. The number of carbonyl (C=O) groups excluding carboxylic acids is 1. The van der Waals surface area contributed by atoms with Crippen LogP contribution in [-0.4, -0.2) is 57.5 Å². The van der Waals surface area contributed by atoms with Crippen molar-refractivity contribution in [2.45, 2.75) is 12.1 Å². The molecule has 0 bridgehead atoms. The van der Waals surface area contributed by atoms with Gasteiger partial charge in [-0.25, -0.2) is 4.79 Å². The number of halogens is 1. The number of carbonyl (C=O) groups is 2. The third-order valence-electron chi connectivity index (χ3n) is 2.20. The SMILES string of the molecule is N[C@H]1C(=O)N(CC(=S)OCC(=O)O)[C@H]1CBr. The molecule has 1 aliphatic heterocycles. The highest BCUT2D eigenvalue weighted by atomic mass is 79.9. The molecule has 0 aromatic heterocycles. The van der Waals surface area contributed by atoms with Gasteiger partial charge in [0.05, 0.1) is 12.6 Å². The van der Waals surface area contributed by atoms with Gasteiger partial charge in [-0.3, -0.25) is 4.79 Å². The molecule has 1 heterocycles. The van der Waals surface area contributed by atoms with Crippen molar-refractivity contribution < 1.29 is 19.4 Å². The maximum absolute atomic E-state index is 11.4. The van der Waals surface area contributed by atoms with Crippen molar-refractivity contribution in [3.8, 4) is 0 Å². The summed E-state index contributed by atoms with van der Waals surface area (Å²) in [4.78, 5) is 23.0. The van der Waals surface area contributed by atoms with Crippen LogP contribution in [0.25, 0.3) is 0 Å². The van der Waals surface area contributed by atoms with Crippen LogP contribution < -0.4 is 5.73 Å². The van der Waals surface area contributed by atoms with Gasteiger partial charge < -0.3 is 20.5 Å². The lowest BCUT2D eigenvalue weighted by Crippen LogP contribution is -2.70. The number of nitrogens with two attached hydrogens (primary N) is 1. The van der Waals surface area contributed by atoms with E-state index in [1.807, 2.05) is 0 Å². The predicted octanol–water partition coefficient (Wildman–Crippen LogP) is -0.652. The Kier molecular flexibility index (Phi) is 4.63. The average Bonchev–Trinajstić information content (AvgIpc) is 2.25. The lowest BCUT2D eigenvalue weighted by molar-refractivity contribution is -0.146. The zero-order chi connectivity index (χ0) is 12.3. The summed E-state index contributed by atoms with van der Waals surface area (Å²) >= 11 is 8.04. The van der Waals surface area contributed by atoms with Gasteiger partial charge in [0, 0.05) is 5.33 Å². The van der Waals surface area contributed by atoms with Gasteiger partial charge in [0.1, 0.15) is 6.04 Å². The molecule has 90 valence electrons. The molecule has 0 unspecified atom stereocenters. The molecular weight excluding hydrogens is 300 g/mol. The number of hydrogen-bond donors (Lipinski definition) is 2. The second-order valence-corrected chi connectivity index (χ2v) is 4.37. The third kappa shape index (κ3) is 2.89. The maximum atomic E-state index is 11.4. The van der Waals surface area contributed by atoms with Gasteiger partial charge in [-0.1, -0.05) is 15.9 Å². The fraction of sp³-hybridized carbons (Fsp3) is 0.625. The number of rotatable bonds is 5. The van der Waals surface area contributed by atoms with E-state index in [9.17, 15) is 9.59 Å². The summed E-state index contributed by atoms with van der Waals surface area (Å²) in [5.41, 5.74) is 5.57. The number of hydrogen-bond acceptors (Lipinski definition) is 5. The molecule has 6 nitrogen and oxygen atoms in total. The second-order valence-electron chi connectivity index (χ2n) is 3.27. The lowest BCUT2D eigenvalue weighted by atomic mass is 9.98. The Morgan fingerprint density at radius 3 is 2.81 bits per heavy atom. The molecule has 16 heavy (non-hydrogen) atoms. The fourth-order valence-corrected chi connectivity index (χ4v) is 2.28. The Balaban J connectivity index is 2.39. The van der Waals surface area contributed by atoms with E-state index in [4.69, 9.17) is 27.8 Å². The number of amides is 1. The second kappa shape index (κ2) is 5.55. The molecule has 3 N–H and O–H groups in total. The molecule has 0 aromatic carbocycles. The van der Waals surface area contributed by atoms with Gasteiger partial charge in [-0.05, 0) is 12.2 Å². The van der Waals surface area contributed by atoms with Crippen molar-refractivity contribution in [3.63, 3.8) is 0 Å². The van der Waals surface area contributed by atoms with E-state index in [1.54, 1.807) is 0 Å². The summed E-state index contributed by atoms with van der Waals surface area (Å²) in [7, 11) is 0. The molecular formula is C8H11BrN2O4S.